The number of carboxylic acids is 1. The van der Waals surface area contributed by atoms with E-state index in [0.29, 0.717) is 6.42 Å². The third-order valence-electron chi connectivity index (χ3n) is 3.87. The zero-order chi connectivity index (χ0) is 8.82. The molecule has 3 N–H and O–H groups in total. The van der Waals surface area contributed by atoms with Crippen LogP contribution in [0.4, 0.5) is 0 Å². The molecule has 12 heavy (non-hydrogen) atoms. The van der Waals surface area contributed by atoms with Crippen molar-refractivity contribution in [3.05, 3.63) is 0 Å². The van der Waals surface area contributed by atoms with Gasteiger partial charge in [0.2, 0.25) is 0 Å². The molecule has 0 heterocycles. The molecule has 0 radical (unpaired) electrons. The fourth-order valence-electron chi connectivity index (χ4n) is 2.83. The van der Waals surface area contributed by atoms with E-state index in [4.69, 9.17) is 10.8 Å². The summed E-state index contributed by atoms with van der Waals surface area (Å²) in [6.07, 6.45) is 5.89. The molecule has 0 aromatic rings. The van der Waals surface area contributed by atoms with E-state index in [0.717, 1.165) is 32.1 Å². The molecule has 2 aliphatic carbocycles. The quantitative estimate of drug-likeness (QED) is 0.618. The highest BCUT2D eigenvalue weighted by Crippen LogP contribution is 2.57. The van der Waals surface area contributed by atoms with Crippen LogP contribution in [0.25, 0.3) is 0 Å². The first-order valence-corrected chi connectivity index (χ1v) is 4.63. The van der Waals surface area contributed by atoms with Crippen molar-refractivity contribution in [2.45, 2.75) is 44.1 Å². The molecule has 2 rings (SSSR count). The molecule has 0 saturated heterocycles. The minimum atomic E-state index is -0.898. The molecule has 1 unspecified atom stereocenters. The smallest absolute Gasteiger partial charge is 0.324 e. The van der Waals surface area contributed by atoms with Crippen LogP contribution in [-0.4, -0.2) is 16.6 Å². The molecule has 0 bridgehead atoms. The minimum Gasteiger partial charge on any atom is -0.480 e. The Morgan fingerprint density at radius 1 is 1.17 bits per heavy atom. The Kier molecular flexibility index (Phi) is 1.49. The molecule has 2 fully saturated rings. The first-order chi connectivity index (χ1) is 5.61. The van der Waals surface area contributed by atoms with Crippen molar-refractivity contribution in [3.63, 3.8) is 0 Å². The summed E-state index contributed by atoms with van der Waals surface area (Å²) in [6.45, 7) is 0. The largest absolute Gasteiger partial charge is 0.480 e. The van der Waals surface area contributed by atoms with Gasteiger partial charge in [0, 0.05) is 0 Å². The number of hydrogen-bond donors (Lipinski definition) is 2. The van der Waals surface area contributed by atoms with Gasteiger partial charge in [-0.3, -0.25) is 4.79 Å². The van der Waals surface area contributed by atoms with Crippen molar-refractivity contribution < 1.29 is 9.90 Å². The minimum absolute atomic E-state index is 0.0289. The van der Waals surface area contributed by atoms with E-state index < -0.39 is 11.5 Å². The summed E-state index contributed by atoms with van der Waals surface area (Å²) in [6, 6.07) is 0. The molecular weight excluding hydrogens is 154 g/mol. The van der Waals surface area contributed by atoms with Gasteiger partial charge in [-0.05, 0) is 31.1 Å². The molecule has 3 heteroatoms. The van der Waals surface area contributed by atoms with Crippen LogP contribution in [0.2, 0.25) is 0 Å². The van der Waals surface area contributed by atoms with Gasteiger partial charge < -0.3 is 10.8 Å². The van der Waals surface area contributed by atoms with Crippen LogP contribution >= 0.6 is 0 Å². The number of aliphatic carboxylic acids is 1. The summed E-state index contributed by atoms with van der Waals surface area (Å²) in [7, 11) is 0. The van der Waals surface area contributed by atoms with E-state index in [9.17, 15) is 4.79 Å². The zero-order valence-electron chi connectivity index (χ0n) is 7.18. The third-order valence-corrected chi connectivity index (χ3v) is 3.87. The van der Waals surface area contributed by atoms with Crippen LogP contribution in [0.15, 0.2) is 0 Å². The maximum atomic E-state index is 11.0. The molecule has 0 aromatic heterocycles. The van der Waals surface area contributed by atoms with E-state index in [1.165, 1.54) is 0 Å². The van der Waals surface area contributed by atoms with Crippen LogP contribution in [0, 0.1) is 5.41 Å². The summed E-state index contributed by atoms with van der Waals surface area (Å²) < 4.78 is 0. The molecule has 68 valence electrons. The summed E-state index contributed by atoms with van der Waals surface area (Å²) in [5.74, 6) is -0.792. The van der Waals surface area contributed by atoms with Crippen molar-refractivity contribution in [2.75, 3.05) is 0 Å². The van der Waals surface area contributed by atoms with Crippen molar-refractivity contribution in [3.8, 4) is 0 Å². The number of nitrogens with two attached hydrogens (primary N) is 1. The summed E-state index contributed by atoms with van der Waals surface area (Å²) in [4.78, 5) is 11.0. The Balaban J connectivity index is 2.29. The standard InChI is InChI=1S/C9H15NO2/c10-9(7(11)12)6-2-5-8(9)3-1-4-8/h1-6,10H2,(H,11,12). The summed E-state index contributed by atoms with van der Waals surface area (Å²) in [5, 5.41) is 9.05. The van der Waals surface area contributed by atoms with Crippen LogP contribution < -0.4 is 5.73 Å². The number of carboxylic acid groups (broad SMARTS) is 1. The van der Waals surface area contributed by atoms with Crippen molar-refractivity contribution in [1.29, 1.82) is 0 Å². The van der Waals surface area contributed by atoms with Gasteiger partial charge in [0.05, 0.1) is 0 Å². The summed E-state index contributed by atoms with van der Waals surface area (Å²) in [5.41, 5.74) is 5.02. The predicted octanol–water partition coefficient (Wildman–Crippen LogP) is 1.12. The third kappa shape index (κ3) is 0.724. The highest BCUT2D eigenvalue weighted by Gasteiger charge is 2.59. The van der Waals surface area contributed by atoms with Crippen LogP contribution in [0.3, 0.4) is 0 Å². The second-order valence-electron chi connectivity index (χ2n) is 4.26. The van der Waals surface area contributed by atoms with E-state index in [1.807, 2.05) is 0 Å². The van der Waals surface area contributed by atoms with Crippen molar-refractivity contribution in [1.82, 2.24) is 0 Å². The molecular formula is C9H15NO2. The first-order valence-electron chi connectivity index (χ1n) is 4.63. The Morgan fingerprint density at radius 3 is 2.00 bits per heavy atom. The molecule has 1 spiro atoms. The van der Waals surface area contributed by atoms with Crippen molar-refractivity contribution in [2.24, 2.45) is 11.1 Å². The fraction of sp³-hybridized carbons (Fsp3) is 0.889. The topological polar surface area (TPSA) is 63.3 Å². The molecule has 1 atom stereocenters. The average molecular weight is 169 g/mol. The van der Waals surface area contributed by atoms with Crippen molar-refractivity contribution >= 4 is 5.97 Å². The van der Waals surface area contributed by atoms with E-state index >= 15 is 0 Å². The molecule has 2 saturated carbocycles. The number of rotatable bonds is 1. The lowest BCUT2D eigenvalue weighted by molar-refractivity contribution is -0.150. The molecule has 0 aliphatic heterocycles. The molecule has 3 nitrogen and oxygen atoms in total. The fourth-order valence-corrected chi connectivity index (χ4v) is 2.83. The lowest BCUT2D eigenvalue weighted by atomic mass is 9.59. The van der Waals surface area contributed by atoms with Crippen LogP contribution in [0.5, 0.6) is 0 Å². The zero-order valence-corrected chi connectivity index (χ0v) is 7.18. The number of hydrogen-bond acceptors (Lipinski definition) is 2. The van der Waals surface area contributed by atoms with E-state index in [-0.39, 0.29) is 5.41 Å². The van der Waals surface area contributed by atoms with Gasteiger partial charge in [-0.1, -0.05) is 12.8 Å². The normalized spacial score (nSPS) is 38.1. The van der Waals surface area contributed by atoms with Crippen LogP contribution in [-0.2, 0) is 4.79 Å². The van der Waals surface area contributed by atoms with Gasteiger partial charge in [-0.2, -0.15) is 0 Å². The Labute approximate surface area is 71.9 Å². The molecule has 2 aliphatic rings. The molecule has 0 aromatic carbocycles. The molecule has 0 amide bonds. The Morgan fingerprint density at radius 2 is 1.67 bits per heavy atom. The predicted molar refractivity (Wildman–Crippen MR) is 44.7 cm³/mol. The SMILES string of the molecule is NC1(C(=O)O)CCCC12CCC2. The van der Waals surface area contributed by atoms with Gasteiger partial charge in [0.25, 0.3) is 0 Å². The van der Waals surface area contributed by atoms with Gasteiger partial charge >= 0.3 is 5.97 Å². The second kappa shape index (κ2) is 2.22. The van der Waals surface area contributed by atoms with Crippen LogP contribution in [0.1, 0.15) is 38.5 Å². The highest BCUT2D eigenvalue weighted by atomic mass is 16.4. The monoisotopic (exact) mass is 169 g/mol. The van der Waals surface area contributed by atoms with Gasteiger partial charge in [-0.15, -0.1) is 0 Å². The Bertz CT molecular complexity index is 223. The first kappa shape index (κ1) is 8.05. The van der Waals surface area contributed by atoms with E-state index in [1.54, 1.807) is 0 Å². The lowest BCUT2D eigenvalue weighted by Gasteiger charge is -2.47. The Hall–Kier alpha value is -0.570. The van der Waals surface area contributed by atoms with Gasteiger partial charge in [-0.25, -0.2) is 0 Å². The summed E-state index contributed by atoms with van der Waals surface area (Å²) >= 11 is 0. The van der Waals surface area contributed by atoms with Gasteiger partial charge in [0.1, 0.15) is 5.54 Å². The number of carbonyl (C=O) groups is 1. The maximum absolute atomic E-state index is 11.0. The lowest BCUT2D eigenvalue weighted by Crippen LogP contribution is -2.60. The average Bonchev–Trinajstić information content (AvgIpc) is 2.26. The highest BCUT2D eigenvalue weighted by molar-refractivity contribution is 5.80. The van der Waals surface area contributed by atoms with E-state index in [2.05, 4.69) is 0 Å². The second-order valence-corrected chi connectivity index (χ2v) is 4.26. The maximum Gasteiger partial charge on any atom is 0.324 e. The van der Waals surface area contributed by atoms with Gasteiger partial charge in [0.15, 0.2) is 0 Å².